The lowest BCUT2D eigenvalue weighted by atomic mass is 9.47. The van der Waals surface area contributed by atoms with Crippen molar-refractivity contribution in [1.82, 2.24) is 0 Å². The van der Waals surface area contributed by atoms with E-state index in [4.69, 9.17) is 0 Å². The molecule has 0 bridgehead atoms. The van der Waals surface area contributed by atoms with Crippen molar-refractivity contribution in [2.45, 2.75) is 77.2 Å². The standard InChI is InChI=1S/C19H29FO2/c1-18-8-4-3-5-11(18)6-7-12-13-9-14(20)17(22)19(13,2)10-15(21)16(12)18/h6,12-17,21-22H,3-5,7-10H2,1-2H3/t12-,13-,14+,15-,16+,17-,18-,19-/m0/s1. The summed E-state index contributed by atoms with van der Waals surface area (Å²) in [6.45, 7) is 4.34. The average Bonchev–Trinajstić information content (AvgIpc) is 2.70. The summed E-state index contributed by atoms with van der Waals surface area (Å²) >= 11 is 0. The van der Waals surface area contributed by atoms with Crippen LogP contribution in [0.2, 0.25) is 0 Å². The SMILES string of the molecule is C[C@]12C[C@H](O)[C@H]3[C@@H](CC=C4CCCC[C@@]43C)[C@@H]1C[C@@H](F)[C@@H]2O. The highest BCUT2D eigenvalue weighted by molar-refractivity contribution is 5.26. The van der Waals surface area contributed by atoms with Gasteiger partial charge in [0.1, 0.15) is 6.17 Å². The van der Waals surface area contributed by atoms with Crippen molar-refractivity contribution in [3.63, 3.8) is 0 Å². The third-order valence-corrected chi connectivity index (χ3v) is 7.88. The van der Waals surface area contributed by atoms with E-state index in [0.717, 1.165) is 12.8 Å². The summed E-state index contributed by atoms with van der Waals surface area (Å²) in [5.41, 5.74) is 1.19. The van der Waals surface area contributed by atoms with E-state index in [2.05, 4.69) is 13.0 Å². The van der Waals surface area contributed by atoms with Gasteiger partial charge in [-0.05, 0) is 61.7 Å². The summed E-state index contributed by atoms with van der Waals surface area (Å²) in [6.07, 6.45) is 6.80. The van der Waals surface area contributed by atoms with Crippen molar-refractivity contribution in [2.24, 2.45) is 28.6 Å². The summed E-state index contributed by atoms with van der Waals surface area (Å²) in [5.74, 6) is 0.793. The Morgan fingerprint density at radius 3 is 2.77 bits per heavy atom. The number of halogens is 1. The number of hydrogen-bond acceptors (Lipinski definition) is 2. The fourth-order valence-corrected chi connectivity index (χ4v) is 6.78. The Morgan fingerprint density at radius 1 is 1.23 bits per heavy atom. The minimum absolute atomic E-state index is 0.0985. The fraction of sp³-hybridized carbons (Fsp3) is 0.895. The Balaban J connectivity index is 1.75. The molecule has 2 N–H and O–H groups in total. The van der Waals surface area contributed by atoms with Gasteiger partial charge in [-0.15, -0.1) is 0 Å². The van der Waals surface area contributed by atoms with Crippen molar-refractivity contribution in [3.8, 4) is 0 Å². The zero-order chi connectivity index (χ0) is 15.7. The predicted octanol–water partition coefficient (Wildman–Crippen LogP) is 3.62. The van der Waals surface area contributed by atoms with Gasteiger partial charge in [0.15, 0.2) is 0 Å². The lowest BCUT2D eigenvalue weighted by molar-refractivity contribution is -0.135. The maximum absolute atomic E-state index is 14.2. The maximum Gasteiger partial charge on any atom is 0.127 e. The van der Waals surface area contributed by atoms with Crippen LogP contribution >= 0.6 is 0 Å². The number of hydrogen-bond donors (Lipinski definition) is 2. The van der Waals surface area contributed by atoms with Crippen LogP contribution in [0.3, 0.4) is 0 Å². The maximum atomic E-state index is 14.2. The second kappa shape index (κ2) is 4.80. The summed E-state index contributed by atoms with van der Waals surface area (Å²) in [6, 6.07) is 0. The molecule has 0 aromatic carbocycles. The van der Waals surface area contributed by atoms with Gasteiger partial charge >= 0.3 is 0 Å². The first-order valence-corrected chi connectivity index (χ1v) is 9.07. The molecule has 8 atom stereocenters. The summed E-state index contributed by atoms with van der Waals surface area (Å²) < 4.78 is 14.2. The first-order chi connectivity index (χ1) is 10.4. The summed E-state index contributed by atoms with van der Waals surface area (Å²) in [5, 5.41) is 21.3. The molecule has 0 saturated heterocycles. The van der Waals surface area contributed by atoms with Crippen molar-refractivity contribution in [3.05, 3.63) is 11.6 Å². The van der Waals surface area contributed by atoms with Gasteiger partial charge in [0, 0.05) is 5.41 Å². The Labute approximate surface area is 132 Å². The molecule has 2 nitrogen and oxygen atoms in total. The first-order valence-electron chi connectivity index (χ1n) is 9.07. The topological polar surface area (TPSA) is 40.5 Å². The highest BCUT2D eigenvalue weighted by atomic mass is 19.1. The van der Waals surface area contributed by atoms with E-state index in [9.17, 15) is 14.6 Å². The minimum Gasteiger partial charge on any atom is -0.393 e. The highest BCUT2D eigenvalue weighted by Crippen LogP contribution is 2.65. The van der Waals surface area contributed by atoms with Crippen molar-refractivity contribution < 1.29 is 14.6 Å². The molecule has 0 unspecified atom stereocenters. The van der Waals surface area contributed by atoms with Crippen LogP contribution in [0.15, 0.2) is 11.6 Å². The molecule has 0 amide bonds. The highest BCUT2D eigenvalue weighted by Gasteiger charge is 2.63. The molecule has 124 valence electrons. The Kier molecular flexibility index (Phi) is 3.30. The summed E-state index contributed by atoms with van der Waals surface area (Å²) in [7, 11) is 0. The minimum atomic E-state index is -1.12. The molecule has 0 radical (unpaired) electrons. The third kappa shape index (κ3) is 1.78. The van der Waals surface area contributed by atoms with Gasteiger partial charge in [0.25, 0.3) is 0 Å². The fourth-order valence-electron chi connectivity index (χ4n) is 6.78. The molecule has 4 aliphatic carbocycles. The van der Waals surface area contributed by atoms with Crippen LogP contribution in [0.5, 0.6) is 0 Å². The van der Waals surface area contributed by atoms with Gasteiger partial charge in [-0.1, -0.05) is 31.9 Å². The van der Waals surface area contributed by atoms with Crippen LogP contribution in [-0.2, 0) is 0 Å². The largest absolute Gasteiger partial charge is 0.393 e. The molecule has 0 aromatic rings. The monoisotopic (exact) mass is 308 g/mol. The normalized spacial score (nSPS) is 57.6. The lowest BCUT2D eigenvalue weighted by Crippen LogP contribution is -2.56. The molecular weight excluding hydrogens is 279 g/mol. The molecular formula is C19H29FO2. The number of allylic oxidation sites excluding steroid dienone is 2. The second-order valence-corrected chi connectivity index (χ2v) is 8.86. The Hall–Kier alpha value is -0.410. The van der Waals surface area contributed by atoms with Gasteiger partial charge in [-0.3, -0.25) is 0 Å². The molecule has 3 fully saturated rings. The molecule has 0 aromatic heterocycles. The average molecular weight is 308 g/mol. The Bertz CT molecular complexity index is 504. The smallest absolute Gasteiger partial charge is 0.127 e. The quantitative estimate of drug-likeness (QED) is 0.671. The van der Waals surface area contributed by atoms with Gasteiger partial charge in [-0.25, -0.2) is 4.39 Å². The van der Waals surface area contributed by atoms with Crippen LogP contribution in [0.4, 0.5) is 4.39 Å². The van der Waals surface area contributed by atoms with E-state index < -0.39 is 23.8 Å². The van der Waals surface area contributed by atoms with E-state index in [-0.39, 0.29) is 17.3 Å². The number of alkyl halides is 1. The van der Waals surface area contributed by atoms with Crippen molar-refractivity contribution >= 4 is 0 Å². The van der Waals surface area contributed by atoms with E-state index in [1.807, 2.05) is 6.92 Å². The van der Waals surface area contributed by atoms with Gasteiger partial charge in [0.2, 0.25) is 0 Å². The van der Waals surface area contributed by atoms with E-state index >= 15 is 0 Å². The molecule has 0 heterocycles. The van der Waals surface area contributed by atoms with Crippen molar-refractivity contribution in [2.75, 3.05) is 0 Å². The molecule has 22 heavy (non-hydrogen) atoms. The van der Waals surface area contributed by atoms with Crippen molar-refractivity contribution in [1.29, 1.82) is 0 Å². The predicted molar refractivity (Wildman–Crippen MR) is 84.0 cm³/mol. The van der Waals surface area contributed by atoms with Gasteiger partial charge in [0.05, 0.1) is 12.2 Å². The van der Waals surface area contributed by atoms with Crippen LogP contribution in [0.25, 0.3) is 0 Å². The molecule has 3 saturated carbocycles. The summed E-state index contributed by atoms with van der Waals surface area (Å²) in [4.78, 5) is 0. The lowest BCUT2D eigenvalue weighted by Gasteiger charge is -2.58. The second-order valence-electron chi connectivity index (χ2n) is 8.86. The number of fused-ring (bicyclic) bond motifs is 5. The zero-order valence-electron chi connectivity index (χ0n) is 13.8. The van der Waals surface area contributed by atoms with Crippen LogP contribution in [0.1, 0.15) is 58.8 Å². The molecule has 4 rings (SSSR count). The van der Waals surface area contributed by atoms with Gasteiger partial charge < -0.3 is 10.2 Å². The number of aliphatic hydroxyl groups excluding tert-OH is 2. The third-order valence-electron chi connectivity index (χ3n) is 7.88. The van der Waals surface area contributed by atoms with Gasteiger partial charge in [-0.2, -0.15) is 0 Å². The molecule has 4 aliphatic rings. The van der Waals surface area contributed by atoms with E-state index in [1.54, 1.807) is 0 Å². The van der Waals surface area contributed by atoms with E-state index in [1.165, 1.54) is 24.8 Å². The number of aliphatic hydroxyl groups is 2. The van der Waals surface area contributed by atoms with E-state index in [0.29, 0.717) is 18.8 Å². The molecule has 0 aliphatic heterocycles. The first kappa shape index (κ1) is 15.1. The molecule has 3 heteroatoms. The van der Waals surface area contributed by atoms with Crippen LogP contribution < -0.4 is 0 Å². The van der Waals surface area contributed by atoms with Crippen LogP contribution in [0, 0.1) is 28.6 Å². The molecule has 0 spiro atoms. The number of rotatable bonds is 0. The Morgan fingerprint density at radius 2 is 2.00 bits per heavy atom. The zero-order valence-corrected chi connectivity index (χ0v) is 13.8. The van der Waals surface area contributed by atoms with Crippen LogP contribution in [-0.4, -0.2) is 28.6 Å².